The summed E-state index contributed by atoms with van der Waals surface area (Å²) in [5, 5.41) is 2.93. The maximum Gasteiger partial charge on any atom is 0.265 e. The van der Waals surface area contributed by atoms with Crippen LogP contribution in [0.3, 0.4) is 0 Å². The van der Waals surface area contributed by atoms with Crippen LogP contribution in [0, 0.1) is 6.92 Å². The summed E-state index contributed by atoms with van der Waals surface area (Å²) in [6, 6.07) is 13.1. The lowest BCUT2D eigenvalue weighted by atomic mass is 10.1. The van der Waals surface area contributed by atoms with Crippen LogP contribution in [0.2, 0.25) is 0 Å². The number of carbonyl (C=O) groups excluding carboxylic acids is 2. The van der Waals surface area contributed by atoms with Gasteiger partial charge in [0.1, 0.15) is 5.75 Å². The van der Waals surface area contributed by atoms with E-state index in [2.05, 4.69) is 5.32 Å². The number of carbonyl (C=O) groups is 2. The molecular weight excluding hydrogens is 344 g/mol. The van der Waals surface area contributed by atoms with E-state index >= 15 is 0 Å². The largest absolute Gasteiger partial charge is 0.480 e. The molecule has 0 aromatic heterocycles. The van der Waals surface area contributed by atoms with Gasteiger partial charge in [-0.25, -0.2) is 0 Å². The number of benzene rings is 2. The Morgan fingerprint density at radius 1 is 1.11 bits per heavy atom. The van der Waals surface area contributed by atoms with Gasteiger partial charge in [-0.15, -0.1) is 0 Å². The molecule has 27 heavy (non-hydrogen) atoms. The summed E-state index contributed by atoms with van der Waals surface area (Å²) in [7, 11) is 0. The molecule has 1 saturated heterocycles. The van der Waals surface area contributed by atoms with Gasteiger partial charge in [0.05, 0.1) is 13.2 Å². The van der Waals surface area contributed by atoms with Gasteiger partial charge in [0.15, 0.2) is 6.10 Å². The summed E-state index contributed by atoms with van der Waals surface area (Å²) in [5.41, 5.74) is 3.13. The highest BCUT2D eigenvalue weighted by Crippen LogP contribution is 2.29. The molecule has 0 saturated carbocycles. The zero-order chi connectivity index (χ0) is 18.8. The van der Waals surface area contributed by atoms with Crippen molar-refractivity contribution in [1.82, 2.24) is 4.90 Å². The van der Waals surface area contributed by atoms with Crippen molar-refractivity contribution < 1.29 is 19.1 Å². The number of hydrogen-bond acceptors (Lipinski definition) is 4. The molecule has 0 bridgehead atoms. The summed E-state index contributed by atoms with van der Waals surface area (Å²) in [6.07, 6.45) is -0.00612. The van der Waals surface area contributed by atoms with Gasteiger partial charge in [0.25, 0.3) is 11.8 Å². The third kappa shape index (κ3) is 3.66. The maximum absolute atomic E-state index is 12.7. The molecule has 2 amide bonds. The van der Waals surface area contributed by atoms with Gasteiger partial charge >= 0.3 is 0 Å². The van der Waals surface area contributed by atoms with Crippen LogP contribution in [0.15, 0.2) is 42.5 Å². The first-order valence-corrected chi connectivity index (χ1v) is 9.15. The molecule has 140 valence electrons. The molecule has 0 spiro atoms. The average Bonchev–Trinajstić information content (AvgIpc) is 3.14. The second-order valence-electron chi connectivity index (χ2n) is 6.84. The highest BCUT2D eigenvalue weighted by molar-refractivity contribution is 5.99. The van der Waals surface area contributed by atoms with Crippen LogP contribution >= 0.6 is 0 Å². The number of fused-ring (bicyclic) bond motifs is 1. The molecule has 0 aliphatic carbocycles. The molecular formula is C21H22N2O4. The second-order valence-corrected chi connectivity index (χ2v) is 6.84. The van der Waals surface area contributed by atoms with E-state index in [0.29, 0.717) is 44.0 Å². The Hall–Kier alpha value is -2.86. The molecule has 4 rings (SSSR count). The normalized spacial score (nSPS) is 18.6. The Morgan fingerprint density at radius 2 is 1.89 bits per heavy atom. The highest BCUT2D eigenvalue weighted by Gasteiger charge is 2.29. The van der Waals surface area contributed by atoms with E-state index in [4.69, 9.17) is 9.47 Å². The van der Waals surface area contributed by atoms with Crippen molar-refractivity contribution in [2.24, 2.45) is 0 Å². The van der Waals surface area contributed by atoms with E-state index in [1.165, 1.54) is 0 Å². The predicted octanol–water partition coefficient (Wildman–Crippen LogP) is 2.41. The van der Waals surface area contributed by atoms with E-state index in [-0.39, 0.29) is 11.8 Å². The van der Waals surface area contributed by atoms with Crippen LogP contribution in [0.25, 0.3) is 0 Å². The topological polar surface area (TPSA) is 67.9 Å². The number of nitrogens with zero attached hydrogens (tertiary/aromatic N) is 1. The molecule has 1 unspecified atom stereocenters. The van der Waals surface area contributed by atoms with Crippen molar-refractivity contribution >= 4 is 17.5 Å². The van der Waals surface area contributed by atoms with Crippen LogP contribution in [-0.2, 0) is 16.0 Å². The van der Waals surface area contributed by atoms with Crippen molar-refractivity contribution in [3.05, 3.63) is 59.2 Å². The molecule has 2 heterocycles. The van der Waals surface area contributed by atoms with Gasteiger partial charge in [-0.05, 0) is 36.2 Å². The van der Waals surface area contributed by atoms with Crippen LogP contribution < -0.4 is 10.1 Å². The maximum atomic E-state index is 12.7. The van der Waals surface area contributed by atoms with Gasteiger partial charge in [-0.2, -0.15) is 0 Å². The minimum atomic E-state index is -0.555. The van der Waals surface area contributed by atoms with E-state index in [0.717, 1.165) is 16.9 Å². The number of hydrogen-bond donors (Lipinski definition) is 1. The smallest absolute Gasteiger partial charge is 0.265 e. The van der Waals surface area contributed by atoms with E-state index in [9.17, 15) is 9.59 Å². The minimum absolute atomic E-state index is 0.0432. The molecule has 1 fully saturated rings. The third-order valence-electron chi connectivity index (χ3n) is 4.98. The summed E-state index contributed by atoms with van der Waals surface area (Å²) < 4.78 is 11.1. The number of rotatable bonds is 3. The number of morpholine rings is 1. The second kappa shape index (κ2) is 7.40. The first kappa shape index (κ1) is 17.5. The van der Waals surface area contributed by atoms with Crippen molar-refractivity contribution in [3.63, 3.8) is 0 Å². The lowest BCUT2D eigenvalue weighted by Crippen LogP contribution is -2.40. The highest BCUT2D eigenvalue weighted by atomic mass is 16.5. The zero-order valence-electron chi connectivity index (χ0n) is 15.2. The van der Waals surface area contributed by atoms with Gasteiger partial charge in [-0.3, -0.25) is 9.59 Å². The van der Waals surface area contributed by atoms with Crippen molar-refractivity contribution in [2.45, 2.75) is 19.4 Å². The Labute approximate surface area is 158 Å². The number of ether oxygens (including phenoxy) is 2. The molecule has 6 nitrogen and oxygen atoms in total. The summed E-state index contributed by atoms with van der Waals surface area (Å²) in [4.78, 5) is 27.1. The molecule has 1 atom stereocenters. The van der Waals surface area contributed by atoms with E-state index in [1.807, 2.05) is 37.3 Å². The fraction of sp³-hybridized carbons (Fsp3) is 0.333. The van der Waals surface area contributed by atoms with Gasteiger partial charge in [0.2, 0.25) is 0 Å². The van der Waals surface area contributed by atoms with Gasteiger partial charge in [0, 0.05) is 30.8 Å². The fourth-order valence-corrected chi connectivity index (χ4v) is 3.38. The van der Waals surface area contributed by atoms with Gasteiger partial charge in [-0.1, -0.05) is 24.3 Å². The molecule has 0 radical (unpaired) electrons. The molecule has 1 N–H and O–H groups in total. The van der Waals surface area contributed by atoms with E-state index < -0.39 is 6.10 Å². The lowest BCUT2D eigenvalue weighted by molar-refractivity contribution is -0.122. The standard InChI is InChI=1S/C21H22N2O4/c1-14-6-7-16(21(25)23-8-10-26-11-9-23)12-17(14)22-20(24)19-13-15-4-2-3-5-18(15)27-19/h2-7,12,19H,8-11,13H2,1H3,(H,22,24). The molecule has 2 aliphatic rings. The third-order valence-corrected chi connectivity index (χ3v) is 4.98. The van der Waals surface area contributed by atoms with Crippen LogP contribution in [0.4, 0.5) is 5.69 Å². The lowest BCUT2D eigenvalue weighted by Gasteiger charge is -2.27. The summed E-state index contributed by atoms with van der Waals surface area (Å²) in [6.45, 7) is 4.19. The SMILES string of the molecule is Cc1ccc(C(=O)N2CCOCC2)cc1NC(=O)C1Cc2ccccc2O1. The Morgan fingerprint density at radius 3 is 2.67 bits per heavy atom. The number of anilines is 1. The van der Waals surface area contributed by atoms with Crippen molar-refractivity contribution in [1.29, 1.82) is 0 Å². The van der Waals surface area contributed by atoms with E-state index in [1.54, 1.807) is 17.0 Å². The number of para-hydroxylation sites is 1. The van der Waals surface area contributed by atoms with Crippen LogP contribution in [-0.4, -0.2) is 49.1 Å². The Kier molecular flexibility index (Phi) is 4.81. The molecule has 2 aliphatic heterocycles. The molecule has 2 aromatic rings. The van der Waals surface area contributed by atoms with Crippen molar-refractivity contribution in [2.75, 3.05) is 31.6 Å². The predicted molar refractivity (Wildman–Crippen MR) is 101 cm³/mol. The average molecular weight is 366 g/mol. The number of aryl methyl sites for hydroxylation is 1. The van der Waals surface area contributed by atoms with Gasteiger partial charge < -0.3 is 19.7 Å². The summed E-state index contributed by atoms with van der Waals surface area (Å²) >= 11 is 0. The number of nitrogens with one attached hydrogen (secondary N) is 1. The molecule has 6 heteroatoms. The Bertz CT molecular complexity index is 849. The quantitative estimate of drug-likeness (QED) is 0.906. The number of amides is 2. The van der Waals surface area contributed by atoms with Crippen molar-refractivity contribution in [3.8, 4) is 5.75 Å². The minimum Gasteiger partial charge on any atom is -0.480 e. The Balaban J connectivity index is 1.47. The zero-order valence-corrected chi connectivity index (χ0v) is 15.2. The van der Waals surface area contributed by atoms with Crippen LogP contribution in [0.5, 0.6) is 5.75 Å². The molecule has 2 aromatic carbocycles. The summed E-state index contributed by atoms with van der Waals surface area (Å²) in [5.74, 6) is 0.509. The fourth-order valence-electron chi connectivity index (χ4n) is 3.38. The monoisotopic (exact) mass is 366 g/mol. The first-order chi connectivity index (χ1) is 13.1. The first-order valence-electron chi connectivity index (χ1n) is 9.15. The van der Waals surface area contributed by atoms with Crippen LogP contribution in [0.1, 0.15) is 21.5 Å².